The summed E-state index contributed by atoms with van der Waals surface area (Å²) in [5, 5.41) is 6.58. The van der Waals surface area contributed by atoms with Gasteiger partial charge in [0.05, 0.1) is 19.3 Å². The zero-order chi connectivity index (χ0) is 17.5. The molecule has 0 spiro atoms. The molecule has 0 aromatic heterocycles. The Hall–Kier alpha value is -2.11. The molecule has 0 aliphatic heterocycles. The fourth-order valence-electron chi connectivity index (χ4n) is 1.98. The molecule has 2 aromatic rings. The molecule has 5 nitrogen and oxygen atoms in total. The minimum absolute atomic E-state index is 0.334. The predicted octanol–water partition coefficient (Wildman–Crippen LogP) is 4.51. The lowest BCUT2D eigenvalue weighted by Crippen LogP contribution is -2.32. The quantitative estimate of drug-likeness (QED) is 0.737. The highest BCUT2D eigenvalue weighted by Crippen LogP contribution is 2.27. The van der Waals surface area contributed by atoms with Crippen molar-refractivity contribution in [1.29, 1.82) is 0 Å². The molecule has 128 valence electrons. The number of hydrogen-bond donors (Lipinski definition) is 2. The number of carbonyl (C=O) groups excluding carboxylic acids is 1. The topological polar surface area (TPSA) is 59.6 Å². The summed E-state index contributed by atoms with van der Waals surface area (Å²) in [7, 11) is 1.52. The molecule has 0 radical (unpaired) electrons. The third-order valence-electron chi connectivity index (χ3n) is 3.20. The van der Waals surface area contributed by atoms with E-state index in [2.05, 4.69) is 10.6 Å². The normalized spacial score (nSPS) is 10.2. The summed E-state index contributed by atoms with van der Waals surface area (Å²) < 4.78 is 10.7. The van der Waals surface area contributed by atoms with E-state index in [1.165, 1.54) is 7.11 Å². The van der Waals surface area contributed by atoms with Crippen LogP contribution in [0.15, 0.2) is 36.4 Å². The highest BCUT2D eigenvalue weighted by molar-refractivity contribution is 6.31. The van der Waals surface area contributed by atoms with Gasteiger partial charge >= 0.3 is 6.03 Å². The number of rotatable bonds is 6. The Bertz CT molecular complexity index is 723. The fourth-order valence-corrected chi connectivity index (χ4v) is 2.27. The SMILES string of the molecule is COc1ccc(Cl)cc1NC(=O)NCCOc1ccc(Cl)c(C)c1. The van der Waals surface area contributed by atoms with E-state index in [9.17, 15) is 4.79 Å². The Morgan fingerprint density at radius 3 is 2.67 bits per heavy atom. The Kier molecular flexibility index (Phi) is 6.58. The maximum absolute atomic E-state index is 11.9. The van der Waals surface area contributed by atoms with Crippen LogP contribution < -0.4 is 20.1 Å². The molecule has 7 heteroatoms. The molecule has 0 aliphatic carbocycles. The first-order chi connectivity index (χ1) is 11.5. The number of amides is 2. The average molecular weight is 369 g/mol. The van der Waals surface area contributed by atoms with Crippen LogP contribution in [-0.4, -0.2) is 26.3 Å². The molecular weight excluding hydrogens is 351 g/mol. The van der Waals surface area contributed by atoms with Gasteiger partial charge in [0.15, 0.2) is 0 Å². The Labute approximate surface area is 150 Å². The van der Waals surface area contributed by atoms with Gasteiger partial charge in [-0.3, -0.25) is 0 Å². The molecule has 2 rings (SSSR count). The summed E-state index contributed by atoms with van der Waals surface area (Å²) >= 11 is 11.9. The molecule has 0 saturated carbocycles. The van der Waals surface area contributed by atoms with Crippen molar-refractivity contribution in [3.63, 3.8) is 0 Å². The van der Waals surface area contributed by atoms with Gasteiger partial charge in [-0.2, -0.15) is 0 Å². The van der Waals surface area contributed by atoms with Gasteiger partial charge in [-0.25, -0.2) is 4.79 Å². The van der Waals surface area contributed by atoms with Crippen molar-refractivity contribution >= 4 is 34.9 Å². The van der Waals surface area contributed by atoms with Crippen LogP contribution in [0, 0.1) is 6.92 Å². The summed E-state index contributed by atoms with van der Waals surface area (Å²) in [5.41, 5.74) is 1.43. The number of anilines is 1. The lowest BCUT2D eigenvalue weighted by Gasteiger charge is -2.12. The van der Waals surface area contributed by atoms with Crippen LogP contribution in [0.25, 0.3) is 0 Å². The first-order valence-electron chi connectivity index (χ1n) is 7.27. The van der Waals surface area contributed by atoms with Crippen LogP contribution in [0.1, 0.15) is 5.56 Å². The number of halogens is 2. The molecule has 0 aliphatic rings. The van der Waals surface area contributed by atoms with Crippen molar-refractivity contribution in [2.24, 2.45) is 0 Å². The molecular formula is C17H18Cl2N2O3. The third-order valence-corrected chi connectivity index (χ3v) is 3.85. The standard InChI is InChI=1S/C17H18Cl2N2O3/c1-11-9-13(4-5-14(11)19)24-8-7-20-17(22)21-15-10-12(18)3-6-16(15)23-2/h3-6,9-10H,7-8H2,1-2H3,(H2,20,21,22). The van der Waals surface area contributed by atoms with Gasteiger partial charge in [-0.1, -0.05) is 23.2 Å². The number of urea groups is 1. The number of aryl methyl sites for hydroxylation is 1. The van der Waals surface area contributed by atoms with Crippen LogP contribution in [0.5, 0.6) is 11.5 Å². The highest BCUT2D eigenvalue weighted by atomic mass is 35.5. The number of ether oxygens (including phenoxy) is 2. The molecule has 2 aromatic carbocycles. The summed E-state index contributed by atoms with van der Waals surface area (Å²) in [6.07, 6.45) is 0. The molecule has 0 unspecified atom stereocenters. The summed E-state index contributed by atoms with van der Waals surface area (Å²) in [6, 6.07) is 10.0. The van der Waals surface area contributed by atoms with Gasteiger partial charge in [-0.15, -0.1) is 0 Å². The number of hydrogen-bond acceptors (Lipinski definition) is 3. The molecule has 0 heterocycles. The molecule has 0 atom stereocenters. The second kappa shape index (κ2) is 8.66. The van der Waals surface area contributed by atoms with E-state index in [0.29, 0.717) is 40.4 Å². The third kappa shape index (κ3) is 5.22. The zero-order valence-electron chi connectivity index (χ0n) is 13.4. The molecule has 2 amide bonds. The van der Waals surface area contributed by atoms with E-state index in [1.807, 2.05) is 13.0 Å². The minimum Gasteiger partial charge on any atom is -0.495 e. The first kappa shape index (κ1) is 18.2. The maximum Gasteiger partial charge on any atom is 0.319 e. The number of nitrogens with one attached hydrogen (secondary N) is 2. The monoisotopic (exact) mass is 368 g/mol. The number of carbonyl (C=O) groups is 1. The van der Waals surface area contributed by atoms with Gasteiger partial charge in [0.25, 0.3) is 0 Å². The Morgan fingerprint density at radius 1 is 1.17 bits per heavy atom. The summed E-state index contributed by atoms with van der Waals surface area (Å²) in [6.45, 7) is 2.58. The Morgan fingerprint density at radius 2 is 1.96 bits per heavy atom. The predicted molar refractivity (Wildman–Crippen MR) is 96.7 cm³/mol. The van der Waals surface area contributed by atoms with Crippen molar-refractivity contribution in [2.45, 2.75) is 6.92 Å². The molecule has 0 saturated heterocycles. The first-order valence-corrected chi connectivity index (χ1v) is 8.02. The summed E-state index contributed by atoms with van der Waals surface area (Å²) in [4.78, 5) is 11.9. The van der Waals surface area contributed by atoms with E-state index >= 15 is 0 Å². The van der Waals surface area contributed by atoms with Gasteiger partial charge < -0.3 is 20.1 Å². The van der Waals surface area contributed by atoms with Crippen molar-refractivity contribution < 1.29 is 14.3 Å². The second-order valence-electron chi connectivity index (χ2n) is 4.98. The van der Waals surface area contributed by atoms with Crippen molar-refractivity contribution in [3.05, 3.63) is 52.0 Å². The van der Waals surface area contributed by atoms with E-state index in [4.69, 9.17) is 32.7 Å². The fraction of sp³-hybridized carbons (Fsp3) is 0.235. The van der Waals surface area contributed by atoms with Crippen molar-refractivity contribution in [3.8, 4) is 11.5 Å². The molecule has 24 heavy (non-hydrogen) atoms. The highest BCUT2D eigenvalue weighted by Gasteiger charge is 2.08. The van der Waals surface area contributed by atoms with Crippen LogP contribution in [0.4, 0.5) is 10.5 Å². The number of methoxy groups -OCH3 is 1. The van der Waals surface area contributed by atoms with Gasteiger partial charge in [-0.05, 0) is 48.9 Å². The summed E-state index contributed by atoms with van der Waals surface area (Å²) in [5.74, 6) is 1.23. The van der Waals surface area contributed by atoms with Crippen LogP contribution in [0.2, 0.25) is 10.0 Å². The minimum atomic E-state index is -0.369. The Balaban J connectivity index is 1.79. The molecule has 2 N–H and O–H groups in total. The van der Waals surface area contributed by atoms with E-state index in [-0.39, 0.29) is 6.03 Å². The van der Waals surface area contributed by atoms with Crippen LogP contribution in [0.3, 0.4) is 0 Å². The lowest BCUT2D eigenvalue weighted by molar-refractivity contribution is 0.247. The second-order valence-corrected chi connectivity index (χ2v) is 5.83. The smallest absolute Gasteiger partial charge is 0.319 e. The molecule has 0 fully saturated rings. The van der Waals surface area contributed by atoms with Gasteiger partial charge in [0, 0.05) is 10.0 Å². The van der Waals surface area contributed by atoms with E-state index in [0.717, 1.165) is 5.56 Å². The largest absolute Gasteiger partial charge is 0.495 e. The van der Waals surface area contributed by atoms with Crippen molar-refractivity contribution in [2.75, 3.05) is 25.6 Å². The number of benzene rings is 2. The molecule has 0 bridgehead atoms. The van der Waals surface area contributed by atoms with E-state index < -0.39 is 0 Å². The van der Waals surface area contributed by atoms with Gasteiger partial charge in [0.2, 0.25) is 0 Å². The van der Waals surface area contributed by atoms with Crippen LogP contribution in [-0.2, 0) is 0 Å². The van der Waals surface area contributed by atoms with Gasteiger partial charge in [0.1, 0.15) is 18.1 Å². The zero-order valence-corrected chi connectivity index (χ0v) is 14.9. The maximum atomic E-state index is 11.9. The van der Waals surface area contributed by atoms with E-state index in [1.54, 1.807) is 30.3 Å². The van der Waals surface area contributed by atoms with Crippen molar-refractivity contribution in [1.82, 2.24) is 5.32 Å². The van der Waals surface area contributed by atoms with Crippen LogP contribution >= 0.6 is 23.2 Å². The lowest BCUT2D eigenvalue weighted by atomic mass is 10.2. The average Bonchev–Trinajstić information content (AvgIpc) is 2.55.